The summed E-state index contributed by atoms with van der Waals surface area (Å²) < 4.78 is 39.2. The topological polar surface area (TPSA) is 107 Å². The van der Waals surface area contributed by atoms with E-state index in [0.717, 1.165) is 34.0 Å². The number of ether oxygens (including phenoxy) is 2. The molecule has 1 saturated carbocycles. The maximum absolute atomic E-state index is 13.5. The summed E-state index contributed by atoms with van der Waals surface area (Å²) in [6.45, 7) is -0.358. The third-order valence-electron chi connectivity index (χ3n) is 6.82. The van der Waals surface area contributed by atoms with Crippen LogP contribution in [-0.4, -0.2) is 42.6 Å². The van der Waals surface area contributed by atoms with E-state index >= 15 is 0 Å². The molecule has 0 saturated heterocycles. The van der Waals surface area contributed by atoms with Crippen molar-refractivity contribution in [3.63, 3.8) is 0 Å². The first-order chi connectivity index (χ1) is 18.3. The fourth-order valence-corrected chi connectivity index (χ4v) is 4.90. The Kier molecular flexibility index (Phi) is 4.66. The van der Waals surface area contributed by atoms with Crippen LogP contribution in [0.3, 0.4) is 0 Å². The summed E-state index contributed by atoms with van der Waals surface area (Å²) in [7, 11) is 1.95. The molecule has 1 N–H and O–H groups in total. The number of H-pyrrole nitrogens is 1. The van der Waals surface area contributed by atoms with Gasteiger partial charge in [0.15, 0.2) is 17.0 Å². The van der Waals surface area contributed by atoms with E-state index in [1.54, 1.807) is 0 Å². The van der Waals surface area contributed by atoms with Crippen LogP contribution < -0.4 is 19.9 Å². The van der Waals surface area contributed by atoms with Crippen molar-refractivity contribution >= 4 is 33.5 Å². The number of amides is 1. The highest BCUT2D eigenvalue weighted by molar-refractivity contribution is 5.96. The van der Waals surface area contributed by atoms with Crippen molar-refractivity contribution in [2.24, 2.45) is 7.05 Å². The summed E-state index contributed by atoms with van der Waals surface area (Å²) in [6, 6.07) is 11.9. The summed E-state index contributed by atoms with van der Waals surface area (Å²) in [5.41, 5.74) is 2.79. The Morgan fingerprint density at radius 3 is 2.79 bits per heavy atom. The molecular weight excluding hydrogens is 498 g/mol. The number of aromatic amines is 1. The van der Waals surface area contributed by atoms with Gasteiger partial charge in [0.1, 0.15) is 12.2 Å². The molecule has 3 aromatic heterocycles. The van der Waals surface area contributed by atoms with Crippen molar-refractivity contribution in [2.45, 2.75) is 31.7 Å². The van der Waals surface area contributed by atoms with Crippen LogP contribution >= 0.6 is 0 Å². The number of nitrogens with one attached hydrogen (secondary N) is 1. The average Bonchev–Trinajstić information content (AvgIpc) is 3.31. The van der Waals surface area contributed by atoms with Crippen molar-refractivity contribution in [3.05, 3.63) is 65.3 Å². The Bertz CT molecular complexity index is 1820. The van der Waals surface area contributed by atoms with Gasteiger partial charge in [0.25, 0.3) is 5.56 Å². The molecule has 2 aliphatic rings. The highest BCUT2D eigenvalue weighted by Gasteiger charge is 2.44. The second kappa shape index (κ2) is 7.88. The lowest BCUT2D eigenvalue weighted by atomic mass is 10.1. The van der Waals surface area contributed by atoms with E-state index in [2.05, 4.69) is 24.5 Å². The Balaban J connectivity index is 1.26. The molecule has 0 unspecified atom stereocenters. The minimum absolute atomic E-state index is 0.108. The van der Waals surface area contributed by atoms with Crippen molar-refractivity contribution in [3.8, 4) is 22.8 Å². The number of halogens is 2. The Morgan fingerprint density at radius 1 is 1.16 bits per heavy atom. The van der Waals surface area contributed by atoms with E-state index in [1.807, 2.05) is 42.1 Å². The van der Waals surface area contributed by atoms with Gasteiger partial charge in [-0.15, -0.1) is 8.78 Å². The number of aromatic nitrogens is 5. The fourth-order valence-electron chi connectivity index (χ4n) is 4.90. The predicted molar refractivity (Wildman–Crippen MR) is 133 cm³/mol. The van der Waals surface area contributed by atoms with Gasteiger partial charge in [-0.2, -0.15) is 5.10 Å². The third kappa shape index (κ3) is 3.59. The molecule has 4 heterocycles. The summed E-state index contributed by atoms with van der Waals surface area (Å²) in [5.74, 6) is -0.673. The first-order valence-corrected chi connectivity index (χ1v) is 12.0. The quantitative estimate of drug-likeness (QED) is 0.379. The van der Waals surface area contributed by atoms with Crippen molar-refractivity contribution in [1.82, 2.24) is 24.3 Å². The molecule has 2 aromatic carbocycles. The number of nitrogens with zero attached hydrogens (tertiary/aromatic N) is 5. The van der Waals surface area contributed by atoms with Crippen LogP contribution in [0.5, 0.6) is 11.5 Å². The van der Waals surface area contributed by atoms with Crippen LogP contribution in [0.1, 0.15) is 12.8 Å². The number of rotatable bonds is 5. The lowest BCUT2D eigenvalue weighted by Crippen LogP contribution is -2.39. The van der Waals surface area contributed by atoms with E-state index in [9.17, 15) is 18.4 Å². The SMILES string of the molecule is Cn1ccc2cc(-c3nn(CC(=O)N(c4ccc5c(c4)OC(F)(F)O5)C4CC4)c(=O)c4nc[nH]c34)ccc21. The van der Waals surface area contributed by atoms with E-state index in [-0.39, 0.29) is 29.6 Å². The number of carbonyl (C=O) groups is 1. The number of aryl methyl sites for hydroxylation is 1. The smallest absolute Gasteiger partial charge is 0.395 e. The first kappa shape index (κ1) is 22.5. The molecule has 0 bridgehead atoms. The highest BCUT2D eigenvalue weighted by Crippen LogP contribution is 2.44. The fraction of sp³-hybridized carbons (Fsp3) is 0.231. The maximum atomic E-state index is 13.5. The molecule has 1 aliphatic heterocycles. The van der Waals surface area contributed by atoms with Gasteiger partial charge in [0.05, 0.1) is 11.8 Å². The molecule has 12 heteroatoms. The second-order valence-corrected chi connectivity index (χ2v) is 9.43. The van der Waals surface area contributed by atoms with Gasteiger partial charge >= 0.3 is 6.29 Å². The van der Waals surface area contributed by atoms with Crippen molar-refractivity contribution < 1.29 is 23.0 Å². The Labute approximate surface area is 213 Å². The minimum atomic E-state index is -3.76. The zero-order valence-corrected chi connectivity index (χ0v) is 20.0. The Hall–Kier alpha value is -4.74. The largest absolute Gasteiger partial charge is 0.586 e. The average molecular weight is 518 g/mol. The summed E-state index contributed by atoms with van der Waals surface area (Å²) in [4.78, 5) is 35.4. The minimum Gasteiger partial charge on any atom is -0.395 e. The molecular formula is C26H20F2N6O4. The van der Waals surface area contributed by atoms with Gasteiger partial charge in [-0.05, 0) is 43.2 Å². The zero-order valence-electron chi connectivity index (χ0n) is 20.0. The number of alkyl halides is 2. The zero-order chi connectivity index (χ0) is 26.2. The van der Waals surface area contributed by atoms with Gasteiger partial charge in [-0.1, -0.05) is 6.07 Å². The van der Waals surface area contributed by atoms with E-state index in [0.29, 0.717) is 16.9 Å². The number of benzene rings is 2. The first-order valence-electron chi connectivity index (χ1n) is 12.0. The van der Waals surface area contributed by atoms with Crippen molar-refractivity contribution in [2.75, 3.05) is 4.90 Å². The van der Waals surface area contributed by atoms with Crippen LogP contribution in [0, 0.1) is 0 Å². The Morgan fingerprint density at radius 2 is 1.97 bits per heavy atom. The number of hydrogen-bond acceptors (Lipinski definition) is 6. The van der Waals surface area contributed by atoms with Gasteiger partial charge < -0.3 is 23.9 Å². The second-order valence-electron chi connectivity index (χ2n) is 9.43. The number of imidazole rings is 1. The molecule has 1 amide bonds. The normalized spacial score (nSPS) is 15.9. The lowest BCUT2D eigenvalue weighted by Gasteiger charge is -2.23. The van der Waals surface area contributed by atoms with Crippen LogP contribution in [0.25, 0.3) is 33.2 Å². The molecule has 10 nitrogen and oxygen atoms in total. The molecule has 5 aromatic rings. The lowest BCUT2D eigenvalue weighted by molar-refractivity contribution is -0.286. The van der Waals surface area contributed by atoms with E-state index in [1.165, 1.54) is 29.4 Å². The van der Waals surface area contributed by atoms with Gasteiger partial charge in [0.2, 0.25) is 5.91 Å². The molecule has 0 spiro atoms. The predicted octanol–water partition coefficient (Wildman–Crippen LogP) is 3.80. The molecule has 1 aliphatic carbocycles. The monoisotopic (exact) mass is 518 g/mol. The van der Waals surface area contributed by atoms with Gasteiger partial charge in [-0.25, -0.2) is 9.67 Å². The maximum Gasteiger partial charge on any atom is 0.586 e. The van der Waals surface area contributed by atoms with Gasteiger partial charge in [-0.3, -0.25) is 9.59 Å². The summed E-state index contributed by atoms with van der Waals surface area (Å²) >= 11 is 0. The van der Waals surface area contributed by atoms with Gasteiger partial charge in [0, 0.05) is 47.5 Å². The van der Waals surface area contributed by atoms with Crippen LogP contribution in [-0.2, 0) is 18.4 Å². The molecule has 38 heavy (non-hydrogen) atoms. The number of carbonyl (C=O) groups excluding carboxylic acids is 1. The molecule has 0 radical (unpaired) electrons. The van der Waals surface area contributed by atoms with E-state index in [4.69, 9.17) is 0 Å². The molecule has 7 rings (SSSR count). The molecule has 192 valence electrons. The number of hydrogen-bond donors (Lipinski definition) is 1. The highest BCUT2D eigenvalue weighted by atomic mass is 19.3. The number of anilines is 1. The van der Waals surface area contributed by atoms with Crippen LogP contribution in [0.2, 0.25) is 0 Å². The molecule has 0 atom stereocenters. The standard InChI is InChI=1S/C26H20F2N6O4/c1-32-9-8-14-10-15(2-6-18(14)32)22-23-24(30-13-29-23)25(36)33(31-22)12-21(35)34(16-3-4-16)17-5-7-19-20(11-17)38-26(27,28)37-19/h2,5-11,13,16H,3-4,12H2,1H3,(H,29,30). The summed E-state index contributed by atoms with van der Waals surface area (Å²) in [6.07, 6.45) is 1.11. The third-order valence-corrected chi connectivity index (χ3v) is 6.82. The van der Waals surface area contributed by atoms with Crippen LogP contribution in [0.4, 0.5) is 14.5 Å². The van der Waals surface area contributed by atoms with Crippen molar-refractivity contribution in [1.29, 1.82) is 0 Å². The summed E-state index contributed by atoms with van der Waals surface area (Å²) in [5, 5.41) is 5.57. The van der Waals surface area contributed by atoms with Crippen LogP contribution in [0.15, 0.2) is 59.8 Å². The van der Waals surface area contributed by atoms with E-state index < -0.39 is 17.8 Å². The molecule has 1 fully saturated rings. The number of fused-ring (bicyclic) bond motifs is 3.